The number of nitrogens with one attached hydrogen (secondary N) is 1. The number of amides is 1. The second-order valence-corrected chi connectivity index (χ2v) is 9.30. The van der Waals surface area contributed by atoms with E-state index in [1.165, 1.54) is 22.5 Å². The van der Waals surface area contributed by atoms with Crippen molar-refractivity contribution in [2.75, 3.05) is 40.0 Å². The number of sulfonamides is 1. The number of nitrogens with zero attached hydrogens (tertiary/aromatic N) is 1. The summed E-state index contributed by atoms with van der Waals surface area (Å²) in [6.07, 6.45) is 0. The van der Waals surface area contributed by atoms with Gasteiger partial charge in [-0.3, -0.25) is 4.79 Å². The molecule has 1 aliphatic heterocycles. The second kappa shape index (κ2) is 10.3. The van der Waals surface area contributed by atoms with E-state index in [2.05, 4.69) is 5.32 Å². The molecule has 0 radical (unpaired) electrons. The van der Waals surface area contributed by atoms with Gasteiger partial charge in [0.25, 0.3) is 5.91 Å². The summed E-state index contributed by atoms with van der Waals surface area (Å²) in [7, 11) is -2.07. The third-order valence-electron chi connectivity index (χ3n) is 4.86. The molecule has 0 spiro atoms. The summed E-state index contributed by atoms with van der Waals surface area (Å²) < 4.78 is 42.6. The van der Waals surface area contributed by atoms with Gasteiger partial charge in [-0.2, -0.15) is 4.31 Å². The van der Waals surface area contributed by atoms with E-state index >= 15 is 0 Å². The van der Waals surface area contributed by atoms with Crippen LogP contribution in [0.1, 0.15) is 18.5 Å². The van der Waals surface area contributed by atoms with E-state index in [1.54, 1.807) is 7.11 Å². The second-order valence-electron chi connectivity index (χ2n) is 6.96. The van der Waals surface area contributed by atoms with Crippen LogP contribution in [-0.2, 0) is 19.6 Å². The molecule has 1 amide bonds. The van der Waals surface area contributed by atoms with Gasteiger partial charge in [0, 0.05) is 13.1 Å². The minimum absolute atomic E-state index is 0.0735. The number of carbonyl (C=O) groups is 1. The summed E-state index contributed by atoms with van der Waals surface area (Å²) >= 11 is 6.21. The Morgan fingerprint density at radius 3 is 2.48 bits per heavy atom. The summed E-state index contributed by atoms with van der Waals surface area (Å²) in [6.45, 7) is 2.92. The molecule has 2 aromatic carbocycles. The van der Waals surface area contributed by atoms with Crippen LogP contribution < -0.4 is 14.8 Å². The van der Waals surface area contributed by atoms with Gasteiger partial charge in [0.1, 0.15) is 11.5 Å². The normalized spacial score (nSPS) is 15.8. The highest BCUT2D eigenvalue weighted by atomic mass is 35.5. The quantitative estimate of drug-likeness (QED) is 0.640. The molecule has 0 aliphatic carbocycles. The third kappa shape index (κ3) is 5.88. The number of hydrogen-bond donors (Lipinski definition) is 1. The smallest absolute Gasteiger partial charge is 0.258 e. The lowest BCUT2D eigenvalue weighted by Gasteiger charge is -2.26. The SMILES string of the molecule is COc1ccc([C@@H](C)NC(=O)COc2ccc(S(=O)(=O)N3CCOCC3)cc2Cl)cc1. The van der Waals surface area contributed by atoms with Crippen LogP contribution in [0.4, 0.5) is 0 Å². The van der Waals surface area contributed by atoms with E-state index in [9.17, 15) is 13.2 Å². The highest BCUT2D eigenvalue weighted by Crippen LogP contribution is 2.29. The maximum absolute atomic E-state index is 12.7. The fourth-order valence-electron chi connectivity index (χ4n) is 3.10. The number of methoxy groups -OCH3 is 1. The first kappa shape index (κ1) is 23.3. The predicted molar refractivity (Wildman–Crippen MR) is 116 cm³/mol. The minimum atomic E-state index is -3.66. The minimum Gasteiger partial charge on any atom is -0.497 e. The Hall–Kier alpha value is -2.33. The molecule has 1 atom stereocenters. The first-order chi connectivity index (χ1) is 14.8. The number of benzene rings is 2. The fraction of sp³-hybridized carbons (Fsp3) is 0.381. The summed E-state index contributed by atoms with van der Waals surface area (Å²) in [5, 5.41) is 2.96. The molecule has 0 saturated carbocycles. The molecule has 1 fully saturated rings. The predicted octanol–water partition coefficient (Wildman–Crippen LogP) is 2.63. The molecule has 168 valence electrons. The highest BCUT2D eigenvalue weighted by molar-refractivity contribution is 7.89. The number of halogens is 1. The van der Waals surface area contributed by atoms with Crippen LogP contribution >= 0.6 is 11.6 Å². The van der Waals surface area contributed by atoms with Crippen molar-refractivity contribution in [2.45, 2.75) is 17.9 Å². The van der Waals surface area contributed by atoms with Crippen molar-refractivity contribution in [3.05, 3.63) is 53.1 Å². The average Bonchev–Trinajstić information content (AvgIpc) is 2.78. The molecule has 8 nitrogen and oxygen atoms in total. The van der Waals surface area contributed by atoms with Crippen molar-refractivity contribution in [1.82, 2.24) is 9.62 Å². The van der Waals surface area contributed by atoms with Gasteiger partial charge < -0.3 is 19.5 Å². The van der Waals surface area contributed by atoms with Gasteiger partial charge in [0.15, 0.2) is 6.61 Å². The lowest BCUT2D eigenvalue weighted by atomic mass is 10.1. The van der Waals surface area contributed by atoms with Gasteiger partial charge in [0.05, 0.1) is 36.3 Å². The van der Waals surface area contributed by atoms with Crippen molar-refractivity contribution >= 4 is 27.5 Å². The van der Waals surface area contributed by atoms with Gasteiger partial charge >= 0.3 is 0 Å². The van der Waals surface area contributed by atoms with E-state index in [0.717, 1.165) is 11.3 Å². The number of hydrogen-bond acceptors (Lipinski definition) is 6. The van der Waals surface area contributed by atoms with E-state index < -0.39 is 10.0 Å². The standard InChI is InChI=1S/C21H25ClN2O6S/c1-15(16-3-5-17(28-2)6-4-16)23-21(25)14-30-20-8-7-18(13-19(20)22)31(26,27)24-9-11-29-12-10-24/h3-8,13,15H,9-12,14H2,1-2H3,(H,23,25)/t15-/m1/s1. The summed E-state index contributed by atoms with van der Waals surface area (Å²) in [5.74, 6) is 0.638. The van der Waals surface area contributed by atoms with E-state index in [0.29, 0.717) is 26.3 Å². The van der Waals surface area contributed by atoms with Crippen LogP contribution in [0.2, 0.25) is 5.02 Å². The highest BCUT2D eigenvalue weighted by Gasteiger charge is 2.27. The van der Waals surface area contributed by atoms with Gasteiger partial charge in [-0.25, -0.2) is 8.42 Å². The van der Waals surface area contributed by atoms with Crippen molar-refractivity contribution < 1.29 is 27.4 Å². The molecule has 0 bridgehead atoms. The lowest BCUT2D eigenvalue weighted by molar-refractivity contribution is -0.123. The monoisotopic (exact) mass is 468 g/mol. The van der Waals surface area contributed by atoms with E-state index in [4.69, 9.17) is 25.8 Å². The Kier molecular flexibility index (Phi) is 7.77. The van der Waals surface area contributed by atoms with Gasteiger partial charge in [-0.05, 0) is 42.8 Å². The Morgan fingerprint density at radius 1 is 1.19 bits per heavy atom. The Bertz CT molecular complexity index is 1010. The fourth-order valence-corrected chi connectivity index (χ4v) is 4.83. The number of ether oxygens (including phenoxy) is 3. The van der Waals surface area contributed by atoms with Crippen LogP contribution in [0.15, 0.2) is 47.4 Å². The number of carbonyl (C=O) groups excluding carboxylic acids is 1. The van der Waals surface area contributed by atoms with E-state index in [1.807, 2.05) is 31.2 Å². The molecule has 1 heterocycles. The van der Waals surface area contributed by atoms with Gasteiger partial charge in [0.2, 0.25) is 10.0 Å². The molecule has 0 aromatic heterocycles. The van der Waals surface area contributed by atoms with Gasteiger partial charge in [-0.1, -0.05) is 23.7 Å². The molecule has 2 aromatic rings. The molecule has 31 heavy (non-hydrogen) atoms. The van der Waals surface area contributed by atoms with Crippen molar-refractivity contribution in [3.63, 3.8) is 0 Å². The lowest BCUT2D eigenvalue weighted by Crippen LogP contribution is -2.40. The average molecular weight is 469 g/mol. The van der Waals surface area contributed by atoms with Crippen LogP contribution in [0.25, 0.3) is 0 Å². The third-order valence-corrected chi connectivity index (χ3v) is 7.05. The van der Waals surface area contributed by atoms with Gasteiger partial charge in [-0.15, -0.1) is 0 Å². The topological polar surface area (TPSA) is 94.2 Å². The first-order valence-electron chi connectivity index (χ1n) is 9.75. The molecular formula is C21H25ClN2O6S. The van der Waals surface area contributed by atoms with Crippen LogP contribution in [0.3, 0.4) is 0 Å². The molecule has 0 unspecified atom stereocenters. The molecule has 1 N–H and O–H groups in total. The van der Waals surface area contributed by atoms with Crippen LogP contribution in [-0.4, -0.2) is 58.7 Å². The summed E-state index contributed by atoms with van der Waals surface area (Å²) in [6, 6.07) is 11.4. The Morgan fingerprint density at radius 2 is 1.87 bits per heavy atom. The molecule has 3 rings (SSSR count). The zero-order chi connectivity index (χ0) is 22.4. The number of morpholine rings is 1. The molecule has 10 heteroatoms. The van der Waals surface area contributed by atoms with Crippen LogP contribution in [0.5, 0.6) is 11.5 Å². The zero-order valence-corrected chi connectivity index (χ0v) is 18.9. The molecule has 1 saturated heterocycles. The Balaban J connectivity index is 1.58. The van der Waals surface area contributed by atoms with E-state index in [-0.39, 0.29) is 34.2 Å². The summed E-state index contributed by atoms with van der Waals surface area (Å²) in [5.41, 5.74) is 0.921. The van der Waals surface area contributed by atoms with Crippen LogP contribution in [0, 0.1) is 0 Å². The Labute approximate surface area is 187 Å². The zero-order valence-electron chi connectivity index (χ0n) is 17.3. The van der Waals surface area contributed by atoms with Crippen molar-refractivity contribution in [2.24, 2.45) is 0 Å². The molecule has 1 aliphatic rings. The summed E-state index contributed by atoms with van der Waals surface area (Å²) in [4.78, 5) is 12.3. The molecular weight excluding hydrogens is 444 g/mol. The van der Waals surface area contributed by atoms with Crippen molar-refractivity contribution in [3.8, 4) is 11.5 Å². The number of rotatable bonds is 8. The maximum Gasteiger partial charge on any atom is 0.258 e. The largest absolute Gasteiger partial charge is 0.497 e. The first-order valence-corrected chi connectivity index (χ1v) is 11.6. The van der Waals surface area contributed by atoms with Crippen molar-refractivity contribution in [1.29, 1.82) is 0 Å². The maximum atomic E-state index is 12.7.